The maximum atomic E-state index is 12.0. The molecule has 1 unspecified atom stereocenters. The molecule has 0 saturated heterocycles. The van der Waals surface area contributed by atoms with Gasteiger partial charge in [-0.1, -0.05) is 25.1 Å². The van der Waals surface area contributed by atoms with E-state index in [4.69, 9.17) is 16.3 Å². The minimum Gasteiger partial charge on any atom is -0.496 e. The standard InChI is InChI=1S/C13H20ClNO3S/c1-10(8-14)9-19(16,17)15-11(2)12-6-4-5-7-13(12)18-3/h4-7,10-11,15H,8-9H2,1-3H3/t10?,11-/m0/s1. The summed E-state index contributed by atoms with van der Waals surface area (Å²) in [6.07, 6.45) is 0. The molecule has 0 aliphatic heterocycles. The molecule has 0 radical (unpaired) electrons. The van der Waals surface area contributed by atoms with Gasteiger partial charge in [-0.2, -0.15) is 0 Å². The summed E-state index contributed by atoms with van der Waals surface area (Å²) in [7, 11) is -1.79. The zero-order valence-corrected chi connectivity index (χ0v) is 13.0. The zero-order valence-electron chi connectivity index (χ0n) is 11.4. The Balaban J connectivity index is 2.81. The van der Waals surface area contributed by atoms with Crippen molar-refractivity contribution in [3.63, 3.8) is 0 Å². The summed E-state index contributed by atoms with van der Waals surface area (Å²) in [4.78, 5) is 0. The van der Waals surface area contributed by atoms with Crippen LogP contribution in [0.3, 0.4) is 0 Å². The molecule has 0 spiro atoms. The predicted octanol–water partition coefficient (Wildman–Crippen LogP) is 2.55. The third-order valence-electron chi connectivity index (χ3n) is 2.73. The molecular formula is C13H20ClNO3S. The fourth-order valence-electron chi connectivity index (χ4n) is 1.82. The van der Waals surface area contributed by atoms with Crippen LogP contribution in [-0.2, 0) is 10.0 Å². The number of nitrogens with one attached hydrogen (secondary N) is 1. The van der Waals surface area contributed by atoms with Crippen molar-refractivity contribution >= 4 is 21.6 Å². The number of halogens is 1. The van der Waals surface area contributed by atoms with Crippen LogP contribution in [0.15, 0.2) is 24.3 Å². The Bertz CT molecular complexity index is 504. The SMILES string of the molecule is COc1ccccc1[C@H](C)NS(=O)(=O)CC(C)CCl. The van der Waals surface area contributed by atoms with Crippen molar-refractivity contribution in [2.24, 2.45) is 5.92 Å². The fourth-order valence-corrected chi connectivity index (χ4v) is 3.69. The molecule has 4 nitrogen and oxygen atoms in total. The van der Waals surface area contributed by atoms with Crippen LogP contribution in [0.5, 0.6) is 5.75 Å². The van der Waals surface area contributed by atoms with Gasteiger partial charge in [-0.05, 0) is 18.9 Å². The maximum absolute atomic E-state index is 12.0. The van der Waals surface area contributed by atoms with Gasteiger partial charge in [-0.3, -0.25) is 0 Å². The lowest BCUT2D eigenvalue weighted by atomic mass is 10.1. The summed E-state index contributed by atoms with van der Waals surface area (Å²) in [6, 6.07) is 7.01. The van der Waals surface area contributed by atoms with Crippen LogP contribution in [-0.4, -0.2) is 27.2 Å². The van der Waals surface area contributed by atoms with E-state index in [1.54, 1.807) is 21.0 Å². The number of benzene rings is 1. The van der Waals surface area contributed by atoms with Crippen molar-refractivity contribution in [2.45, 2.75) is 19.9 Å². The molecule has 1 N–H and O–H groups in total. The highest BCUT2D eigenvalue weighted by molar-refractivity contribution is 7.89. The van der Waals surface area contributed by atoms with Gasteiger partial charge in [0.2, 0.25) is 10.0 Å². The molecule has 0 heterocycles. The Kier molecular flexibility index (Phi) is 6.10. The number of hydrogen-bond donors (Lipinski definition) is 1. The molecule has 108 valence electrons. The van der Waals surface area contributed by atoms with Crippen LogP contribution >= 0.6 is 11.6 Å². The molecule has 6 heteroatoms. The van der Waals surface area contributed by atoms with Crippen molar-refractivity contribution in [1.82, 2.24) is 4.72 Å². The Morgan fingerprint density at radius 2 is 1.95 bits per heavy atom. The number of alkyl halides is 1. The van der Waals surface area contributed by atoms with Crippen LogP contribution in [0.4, 0.5) is 0 Å². The highest BCUT2D eigenvalue weighted by Crippen LogP contribution is 2.25. The van der Waals surface area contributed by atoms with Crippen LogP contribution in [0.1, 0.15) is 25.5 Å². The van der Waals surface area contributed by atoms with E-state index >= 15 is 0 Å². The maximum Gasteiger partial charge on any atom is 0.212 e. The summed E-state index contributed by atoms with van der Waals surface area (Å²) in [5.41, 5.74) is 0.812. The van der Waals surface area contributed by atoms with E-state index in [1.165, 1.54) is 0 Å². The van der Waals surface area contributed by atoms with Crippen molar-refractivity contribution in [3.8, 4) is 5.75 Å². The first-order valence-corrected chi connectivity index (χ1v) is 8.27. The number of para-hydroxylation sites is 1. The molecule has 1 aromatic rings. The monoisotopic (exact) mass is 305 g/mol. The van der Waals surface area contributed by atoms with Gasteiger partial charge in [0.15, 0.2) is 0 Å². The Labute approximate surface area is 120 Å². The molecule has 0 bridgehead atoms. The second-order valence-electron chi connectivity index (χ2n) is 4.62. The zero-order chi connectivity index (χ0) is 14.5. The molecule has 1 rings (SSSR count). The van der Waals surface area contributed by atoms with E-state index in [0.717, 1.165) is 5.56 Å². The van der Waals surface area contributed by atoms with Crippen LogP contribution in [0.2, 0.25) is 0 Å². The van der Waals surface area contributed by atoms with E-state index < -0.39 is 10.0 Å². The van der Waals surface area contributed by atoms with Gasteiger partial charge in [0.1, 0.15) is 5.75 Å². The first-order chi connectivity index (χ1) is 8.89. The molecule has 0 saturated carbocycles. The second kappa shape index (κ2) is 7.12. The highest BCUT2D eigenvalue weighted by Gasteiger charge is 2.20. The lowest BCUT2D eigenvalue weighted by Gasteiger charge is -2.18. The van der Waals surface area contributed by atoms with Crippen molar-refractivity contribution in [1.29, 1.82) is 0 Å². The average Bonchev–Trinajstić information content (AvgIpc) is 2.37. The van der Waals surface area contributed by atoms with E-state index in [-0.39, 0.29) is 17.7 Å². The average molecular weight is 306 g/mol. The largest absolute Gasteiger partial charge is 0.496 e. The van der Waals surface area contributed by atoms with Crippen LogP contribution < -0.4 is 9.46 Å². The fraction of sp³-hybridized carbons (Fsp3) is 0.538. The molecule has 19 heavy (non-hydrogen) atoms. The number of ether oxygens (including phenoxy) is 1. The number of hydrogen-bond acceptors (Lipinski definition) is 3. The smallest absolute Gasteiger partial charge is 0.212 e. The van der Waals surface area contributed by atoms with Gasteiger partial charge in [0.25, 0.3) is 0 Å². The van der Waals surface area contributed by atoms with Crippen LogP contribution in [0.25, 0.3) is 0 Å². The third kappa shape index (κ3) is 5.01. The van der Waals surface area contributed by atoms with Crippen molar-refractivity contribution < 1.29 is 13.2 Å². The molecule has 0 aliphatic carbocycles. The number of rotatable bonds is 7. The quantitative estimate of drug-likeness (QED) is 0.788. The topological polar surface area (TPSA) is 55.4 Å². The third-order valence-corrected chi connectivity index (χ3v) is 4.98. The van der Waals surface area contributed by atoms with Crippen LogP contribution in [0, 0.1) is 5.92 Å². The second-order valence-corrected chi connectivity index (χ2v) is 6.73. The highest BCUT2D eigenvalue weighted by atomic mass is 35.5. The minimum atomic E-state index is -3.36. The van der Waals surface area contributed by atoms with E-state index in [0.29, 0.717) is 11.6 Å². The molecule has 0 fully saturated rings. The predicted molar refractivity (Wildman–Crippen MR) is 78.2 cm³/mol. The van der Waals surface area contributed by atoms with Gasteiger partial charge in [-0.15, -0.1) is 11.6 Å². The lowest BCUT2D eigenvalue weighted by molar-refractivity contribution is 0.405. The Morgan fingerprint density at radius 3 is 2.53 bits per heavy atom. The van der Waals surface area contributed by atoms with Gasteiger partial charge >= 0.3 is 0 Å². The van der Waals surface area contributed by atoms with Crippen molar-refractivity contribution in [3.05, 3.63) is 29.8 Å². The summed E-state index contributed by atoms with van der Waals surface area (Å²) in [5, 5.41) is 0. The molecule has 2 atom stereocenters. The first-order valence-electron chi connectivity index (χ1n) is 6.08. The van der Waals surface area contributed by atoms with E-state index in [2.05, 4.69) is 4.72 Å². The van der Waals surface area contributed by atoms with Gasteiger partial charge in [0, 0.05) is 17.5 Å². The summed E-state index contributed by atoms with van der Waals surface area (Å²) in [6.45, 7) is 3.60. The number of sulfonamides is 1. The van der Waals surface area contributed by atoms with Crippen molar-refractivity contribution in [2.75, 3.05) is 18.7 Å². The number of methoxy groups -OCH3 is 1. The molecule has 0 aromatic heterocycles. The minimum absolute atomic E-state index is 0.0238. The lowest BCUT2D eigenvalue weighted by Crippen LogP contribution is -2.32. The van der Waals surface area contributed by atoms with Gasteiger partial charge < -0.3 is 4.74 Å². The normalized spacial score (nSPS) is 14.9. The summed E-state index contributed by atoms with van der Waals surface area (Å²) < 4.78 is 31.8. The molecule has 0 amide bonds. The summed E-state index contributed by atoms with van der Waals surface area (Å²) >= 11 is 5.65. The first kappa shape index (κ1) is 16.3. The van der Waals surface area contributed by atoms with E-state index in [9.17, 15) is 8.42 Å². The van der Waals surface area contributed by atoms with E-state index in [1.807, 2.05) is 24.3 Å². The van der Waals surface area contributed by atoms with Gasteiger partial charge in [0.05, 0.1) is 12.9 Å². The molecule has 1 aromatic carbocycles. The van der Waals surface area contributed by atoms with Gasteiger partial charge in [-0.25, -0.2) is 13.1 Å². The molecular weight excluding hydrogens is 286 g/mol. The molecule has 0 aliphatic rings. The Hall–Kier alpha value is -0.780. The Morgan fingerprint density at radius 1 is 1.32 bits per heavy atom. The summed E-state index contributed by atoms with van der Waals surface area (Å²) in [5.74, 6) is 0.937.